The van der Waals surface area contributed by atoms with Crippen LogP contribution in [0, 0.1) is 6.08 Å². The van der Waals surface area contributed by atoms with Gasteiger partial charge in [0.25, 0.3) is 6.18 Å². The molecule has 0 amide bonds. The first-order valence-corrected chi connectivity index (χ1v) is 1.17. The second kappa shape index (κ2) is 3.23. The minimum atomic E-state index is -4.32. The molecule has 0 atom stereocenters. The Morgan fingerprint density at radius 3 is 1.43 bits per heavy atom. The van der Waals surface area contributed by atoms with E-state index in [2.05, 4.69) is 6.58 Å². The van der Waals surface area contributed by atoms with Crippen LogP contribution in [-0.2, 0) is 20.4 Å². The van der Waals surface area contributed by atoms with Gasteiger partial charge in [-0.3, -0.25) is 6.58 Å². The molecule has 7 heavy (non-hydrogen) atoms. The predicted molar refractivity (Wildman–Crippen MR) is 14.9 cm³/mol. The van der Waals surface area contributed by atoms with Crippen LogP contribution in [0.2, 0.25) is 0 Å². The fourth-order valence-electron chi connectivity index (χ4n) is 0. The van der Waals surface area contributed by atoms with Crippen molar-refractivity contribution in [2.75, 3.05) is 0 Å². The molecule has 0 aliphatic rings. The number of allylic oxidation sites excluding steroid dienone is 1. The quantitative estimate of drug-likeness (QED) is 0.412. The third kappa shape index (κ3) is 10.7. The number of alkyl halides is 3. The Morgan fingerprint density at radius 2 is 1.43 bits per heavy atom. The van der Waals surface area contributed by atoms with Gasteiger partial charge in [0.05, 0.1) is 0 Å². The molecule has 0 aliphatic carbocycles. The van der Waals surface area contributed by atoms with Gasteiger partial charge in [0, 0.05) is 20.4 Å². The van der Waals surface area contributed by atoms with E-state index in [1.165, 1.54) is 0 Å². The molecule has 0 saturated heterocycles. The van der Waals surface area contributed by atoms with Crippen LogP contribution < -0.4 is 0 Å². The molecule has 0 spiro atoms. The standard InChI is InChI=1S/C3H2F3.Pd/c1-2-3(4,5)6;/h1H2;/q-1;. The minimum absolute atomic E-state index is 0. The minimum Gasteiger partial charge on any atom is -0.396 e. The van der Waals surface area contributed by atoms with Crippen molar-refractivity contribution in [1.29, 1.82) is 0 Å². The monoisotopic (exact) mass is 201 g/mol. The van der Waals surface area contributed by atoms with E-state index in [0.29, 0.717) is 0 Å². The zero-order valence-corrected chi connectivity index (χ0v) is 4.71. The molecule has 0 unspecified atom stereocenters. The van der Waals surface area contributed by atoms with Crippen LogP contribution in [0.3, 0.4) is 0 Å². The predicted octanol–water partition coefficient (Wildman–Crippen LogP) is 1.54. The summed E-state index contributed by atoms with van der Waals surface area (Å²) < 4.78 is 31.8. The summed E-state index contributed by atoms with van der Waals surface area (Å²) in [6.07, 6.45) is -3.47. The van der Waals surface area contributed by atoms with E-state index in [1.807, 2.05) is 0 Å². The van der Waals surface area contributed by atoms with E-state index in [9.17, 15) is 13.2 Å². The second-order valence-electron chi connectivity index (χ2n) is 0.675. The van der Waals surface area contributed by atoms with Gasteiger partial charge in [-0.25, -0.2) is 13.2 Å². The molecule has 0 N–H and O–H groups in total. The summed E-state index contributed by atoms with van der Waals surface area (Å²) in [5, 5.41) is 0. The van der Waals surface area contributed by atoms with Crippen LogP contribution in [0.15, 0.2) is 6.58 Å². The fraction of sp³-hybridized carbons (Fsp3) is 0.333. The molecular weight excluding hydrogens is 199 g/mol. The van der Waals surface area contributed by atoms with Gasteiger partial charge in [0.2, 0.25) is 0 Å². The van der Waals surface area contributed by atoms with Crippen LogP contribution >= 0.6 is 0 Å². The molecule has 0 fully saturated rings. The van der Waals surface area contributed by atoms with Gasteiger partial charge >= 0.3 is 0 Å². The molecule has 0 aromatic heterocycles. The Hall–Kier alpha value is 0.192. The van der Waals surface area contributed by atoms with Crippen LogP contribution in [0.25, 0.3) is 0 Å². The molecule has 0 bridgehead atoms. The zero-order chi connectivity index (χ0) is 5.21. The van der Waals surface area contributed by atoms with Crippen molar-refractivity contribution in [1.82, 2.24) is 0 Å². The summed E-state index contributed by atoms with van der Waals surface area (Å²) in [6, 6.07) is 0. The third-order valence-corrected chi connectivity index (χ3v) is 0.200. The van der Waals surface area contributed by atoms with Gasteiger partial charge in [-0.2, -0.15) is 0 Å². The molecule has 0 aromatic carbocycles. The van der Waals surface area contributed by atoms with Crippen LogP contribution in [0.1, 0.15) is 0 Å². The largest absolute Gasteiger partial charge is 0.396 e. The average Bonchev–Trinajstić information content (AvgIpc) is 1.35. The molecule has 0 radical (unpaired) electrons. The molecule has 0 rings (SSSR count). The van der Waals surface area contributed by atoms with E-state index in [0.717, 1.165) is 6.08 Å². The Labute approximate surface area is 53.1 Å². The molecule has 0 heterocycles. The van der Waals surface area contributed by atoms with E-state index in [1.54, 1.807) is 0 Å². The molecule has 0 nitrogen and oxygen atoms in total. The van der Waals surface area contributed by atoms with Gasteiger partial charge in [0.1, 0.15) is 0 Å². The average molecular weight is 201 g/mol. The number of rotatable bonds is 0. The first-order chi connectivity index (χ1) is 2.56. The summed E-state index contributed by atoms with van der Waals surface area (Å²) >= 11 is 0. The number of halogens is 3. The van der Waals surface area contributed by atoms with E-state index >= 15 is 0 Å². The molecule has 4 heteroatoms. The van der Waals surface area contributed by atoms with Crippen LogP contribution in [0.4, 0.5) is 13.2 Å². The van der Waals surface area contributed by atoms with Crippen molar-refractivity contribution in [3.05, 3.63) is 12.7 Å². The van der Waals surface area contributed by atoms with Crippen molar-refractivity contribution < 1.29 is 33.6 Å². The smallest absolute Gasteiger partial charge is 0.265 e. The maximum Gasteiger partial charge on any atom is 0.265 e. The molecular formula is C3H2F3Pd-. The number of hydrogen-bond acceptors (Lipinski definition) is 0. The summed E-state index contributed by atoms with van der Waals surface area (Å²) in [5.74, 6) is 0. The van der Waals surface area contributed by atoms with E-state index in [4.69, 9.17) is 0 Å². The van der Waals surface area contributed by atoms with Crippen molar-refractivity contribution in [3.63, 3.8) is 0 Å². The van der Waals surface area contributed by atoms with Crippen LogP contribution in [0.5, 0.6) is 0 Å². The third-order valence-electron chi connectivity index (χ3n) is 0.200. The Balaban J connectivity index is 0. The molecule has 0 aromatic rings. The zero-order valence-electron chi connectivity index (χ0n) is 3.16. The Bertz CT molecular complexity index is 55.7. The molecule has 46 valence electrons. The SMILES string of the molecule is C=[C-]C(F)(F)F.[Pd]. The van der Waals surface area contributed by atoms with Crippen molar-refractivity contribution in [3.8, 4) is 0 Å². The second-order valence-corrected chi connectivity index (χ2v) is 0.675. The van der Waals surface area contributed by atoms with Crippen molar-refractivity contribution in [2.24, 2.45) is 0 Å². The summed E-state index contributed by atoms with van der Waals surface area (Å²) in [4.78, 5) is 0. The summed E-state index contributed by atoms with van der Waals surface area (Å²) in [5.41, 5.74) is 0. The summed E-state index contributed by atoms with van der Waals surface area (Å²) in [7, 11) is 0. The Kier molecular flexibility index (Phi) is 4.72. The number of hydrogen-bond donors (Lipinski definition) is 0. The van der Waals surface area contributed by atoms with Crippen molar-refractivity contribution >= 4 is 0 Å². The maximum atomic E-state index is 10.6. The van der Waals surface area contributed by atoms with E-state index in [-0.39, 0.29) is 20.4 Å². The van der Waals surface area contributed by atoms with Gasteiger partial charge in [0.15, 0.2) is 0 Å². The topological polar surface area (TPSA) is 0 Å². The van der Waals surface area contributed by atoms with Gasteiger partial charge in [-0.05, 0) is 0 Å². The first kappa shape index (κ1) is 10.2. The van der Waals surface area contributed by atoms with Gasteiger partial charge < -0.3 is 6.08 Å². The van der Waals surface area contributed by atoms with Crippen molar-refractivity contribution in [2.45, 2.75) is 6.18 Å². The normalized spacial score (nSPS) is 9.57. The van der Waals surface area contributed by atoms with Gasteiger partial charge in [-0.1, -0.05) is 0 Å². The molecule has 0 aliphatic heterocycles. The Morgan fingerprint density at radius 1 is 1.29 bits per heavy atom. The maximum absolute atomic E-state index is 10.6. The van der Waals surface area contributed by atoms with Crippen LogP contribution in [-0.4, -0.2) is 6.18 Å². The van der Waals surface area contributed by atoms with Gasteiger partial charge in [-0.15, -0.1) is 0 Å². The van der Waals surface area contributed by atoms with E-state index < -0.39 is 6.18 Å². The first-order valence-electron chi connectivity index (χ1n) is 1.17. The fourth-order valence-corrected chi connectivity index (χ4v) is 0. The summed E-state index contributed by atoms with van der Waals surface area (Å²) in [6.45, 7) is 2.38. The molecule has 0 saturated carbocycles.